The van der Waals surface area contributed by atoms with E-state index in [4.69, 9.17) is 0 Å². The zero-order chi connectivity index (χ0) is 9.52. The Balaban J connectivity index is 3.17. The molecule has 0 aliphatic rings. The molecule has 1 aromatic heterocycles. The Hall–Kier alpha value is -1.15. The molecule has 1 nitrogen and oxygen atoms in total. The number of hydrogen-bond acceptors (Lipinski definition) is 2. The molecule has 0 N–H and O–H groups in total. The van der Waals surface area contributed by atoms with E-state index in [0.29, 0.717) is 0 Å². The lowest BCUT2D eigenvalue weighted by Gasteiger charge is -1.76. The molecule has 0 amide bonds. The molecule has 1 aromatic rings. The predicted molar refractivity (Wildman–Crippen MR) is 61.7 cm³/mol. The van der Waals surface area contributed by atoms with Gasteiger partial charge in [0.25, 0.3) is 0 Å². The van der Waals surface area contributed by atoms with Crippen molar-refractivity contribution in [1.29, 1.82) is 0 Å². The van der Waals surface area contributed by atoms with Crippen LogP contribution in [0.5, 0.6) is 0 Å². The summed E-state index contributed by atoms with van der Waals surface area (Å²) in [6.45, 7) is 2.01. The van der Waals surface area contributed by atoms with Crippen LogP contribution in [-0.4, -0.2) is 13.3 Å². The maximum Gasteiger partial charge on any atom is 0.0343 e. The van der Waals surface area contributed by atoms with Gasteiger partial charge in [0.05, 0.1) is 0 Å². The first-order valence-electron chi connectivity index (χ1n) is 4.17. The van der Waals surface area contributed by atoms with Crippen LogP contribution in [0.15, 0.2) is 28.6 Å². The minimum atomic E-state index is 1.23. The summed E-state index contributed by atoms with van der Waals surface area (Å²) >= 11 is 1.74. The van der Waals surface area contributed by atoms with E-state index in [1.165, 1.54) is 9.75 Å². The molecule has 0 unspecified atom stereocenters. The Kier molecular flexibility index (Phi) is 4.19. The highest BCUT2D eigenvalue weighted by molar-refractivity contribution is 7.07. The fraction of sp³-hybridized carbons (Fsp3) is 0.182. The van der Waals surface area contributed by atoms with Gasteiger partial charge >= 0.3 is 0 Å². The third-order valence-electron chi connectivity index (χ3n) is 1.57. The van der Waals surface area contributed by atoms with Gasteiger partial charge < -0.3 is 0 Å². The Bertz CT molecular complexity index is 371. The number of thiophene rings is 1. The van der Waals surface area contributed by atoms with Crippen molar-refractivity contribution in [2.75, 3.05) is 7.05 Å². The van der Waals surface area contributed by atoms with Gasteiger partial charge in [-0.15, -0.1) is 11.3 Å². The van der Waals surface area contributed by atoms with Gasteiger partial charge in [-0.2, -0.15) is 0 Å². The molecule has 0 aliphatic carbocycles. The number of rotatable bonds is 2. The van der Waals surface area contributed by atoms with Crippen LogP contribution in [0.25, 0.3) is 12.2 Å². The van der Waals surface area contributed by atoms with E-state index in [1.54, 1.807) is 18.4 Å². The highest BCUT2D eigenvalue weighted by Gasteiger charge is 1.82. The van der Waals surface area contributed by atoms with E-state index in [9.17, 15) is 0 Å². The minimum Gasteiger partial charge on any atom is -0.296 e. The first kappa shape index (κ1) is 9.93. The second-order valence-electron chi connectivity index (χ2n) is 2.51. The average molecular weight is 191 g/mol. The highest BCUT2D eigenvalue weighted by Crippen LogP contribution is 1.82. The molecular formula is C11H13NS. The Labute approximate surface area is 82.5 Å². The molecule has 0 aliphatic heterocycles. The van der Waals surface area contributed by atoms with Gasteiger partial charge in [0.1, 0.15) is 0 Å². The third kappa shape index (κ3) is 2.99. The summed E-state index contributed by atoms with van der Waals surface area (Å²) in [6, 6.07) is 2.10. The van der Waals surface area contributed by atoms with Crippen LogP contribution in [0.3, 0.4) is 0 Å². The molecule has 0 radical (unpaired) electrons. The Morgan fingerprint density at radius 2 is 2.23 bits per heavy atom. The lowest BCUT2D eigenvalue weighted by atomic mass is 10.3. The average Bonchev–Trinajstić information content (AvgIpc) is 2.59. The molecule has 0 saturated carbocycles. The van der Waals surface area contributed by atoms with Crippen LogP contribution >= 0.6 is 11.3 Å². The molecule has 0 atom stereocenters. The van der Waals surface area contributed by atoms with Crippen molar-refractivity contribution in [3.8, 4) is 0 Å². The van der Waals surface area contributed by atoms with E-state index in [1.807, 2.05) is 31.4 Å². The van der Waals surface area contributed by atoms with Gasteiger partial charge in [-0.1, -0.05) is 12.2 Å². The first-order valence-corrected chi connectivity index (χ1v) is 5.05. The van der Waals surface area contributed by atoms with E-state index in [-0.39, 0.29) is 0 Å². The summed E-state index contributed by atoms with van der Waals surface area (Å²) in [5.74, 6) is 0. The topological polar surface area (TPSA) is 12.4 Å². The highest BCUT2D eigenvalue weighted by atomic mass is 32.1. The number of aliphatic imine (C=N–C) groups is 1. The maximum absolute atomic E-state index is 3.92. The molecule has 1 rings (SSSR count). The molecule has 0 fully saturated rings. The van der Waals surface area contributed by atoms with Crippen molar-refractivity contribution >= 4 is 29.7 Å². The Morgan fingerprint density at radius 1 is 1.38 bits per heavy atom. The summed E-state index contributed by atoms with van der Waals surface area (Å²) < 4.78 is 1.28. The van der Waals surface area contributed by atoms with Crippen LogP contribution in [0, 0.1) is 0 Å². The van der Waals surface area contributed by atoms with Crippen molar-refractivity contribution in [3.05, 3.63) is 33.3 Å². The summed E-state index contributed by atoms with van der Waals surface area (Å²) in [4.78, 5) is 3.92. The number of allylic oxidation sites excluding steroid dienone is 2. The summed E-state index contributed by atoms with van der Waals surface area (Å²) in [5.41, 5.74) is 0. The van der Waals surface area contributed by atoms with E-state index < -0.39 is 0 Å². The van der Waals surface area contributed by atoms with Gasteiger partial charge in [0.2, 0.25) is 0 Å². The van der Waals surface area contributed by atoms with E-state index in [2.05, 4.69) is 22.5 Å². The molecule has 13 heavy (non-hydrogen) atoms. The van der Waals surface area contributed by atoms with Crippen LogP contribution in [-0.2, 0) is 0 Å². The Morgan fingerprint density at radius 3 is 2.92 bits per heavy atom. The van der Waals surface area contributed by atoms with Crippen molar-refractivity contribution in [3.63, 3.8) is 0 Å². The summed E-state index contributed by atoms with van der Waals surface area (Å²) in [6.07, 6.45) is 10.0. The molecule has 0 bridgehead atoms. The van der Waals surface area contributed by atoms with Crippen LogP contribution in [0.4, 0.5) is 0 Å². The van der Waals surface area contributed by atoms with Gasteiger partial charge in [0.15, 0.2) is 0 Å². The van der Waals surface area contributed by atoms with Crippen LogP contribution in [0.1, 0.15) is 6.92 Å². The second kappa shape index (κ2) is 5.49. The van der Waals surface area contributed by atoms with Crippen LogP contribution < -0.4 is 9.75 Å². The van der Waals surface area contributed by atoms with E-state index >= 15 is 0 Å². The molecule has 0 saturated heterocycles. The smallest absolute Gasteiger partial charge is 0.0343 e. The summed E-state index contributed by atoms with van der Waals surface area (Å²) in [5, 5.41) is 3.32. The van der Waals surface area contributed by atoms with Gasteiger partial charge in [-0.25, -0.2) is 0 Å². The normalized spacial score (nSPS) is 15.2. The van der Waals surface area contributed by atoms with E-state index in [0.717, 1.165) is 0 Å². The molecule has 2 heteroatoms. The van der Waals surface area contributed by atoms with Crippen molar-refractivity contribution in [1.82, 2.24) is 0 Å². The zero-order valence-electron chi connectivity index (χ0n) is 7.90. The fourth-order valence-electron chi connectivity index (χ4n) is 0.942. The monoisotopic (exact) mass is 191 g/mol. The van der Waals surface area contributed by atoms with Gasteiger partial charge in [-0.05, 0) is 35.7 Å². The van der Waals surface area contributed by atoms with Gasteiger partial charge in [-0.3, -0.25) is 4.99 Å². The fourth-order valence-corrected chi connectivity index (χ4v) is 1.73. The third-order valence-corrected chi connectivity index (χ3v) is 2.47. The second-order valence-corrected chi connectivity index (χ2v) is 3.45. The largest absolute Gasteiger partial charge is 0.296 e. The van der Waals surface area contributed by atoms with Crippen molar-refractivity contribution in [2.45, 2.75) is 6.92 Å². The van der Waals surface area contributed by atoms with Crippen molar-refractivity contribution in [2.24, 2.45) is 4.99 Å². The summed E-state index contributed by atoms with van der Waals surface area (Å²) in [7, 11) is 1.78. The molecular weight excluding hydrogens is 178 g/mol. The molecule has 0 aromatic carbocycles. The van der Waals surface area contributed by atoms with Crippen molar-refractivity contribution < 1.29 is 0 Å². The molecule has 1 heterocycles. The quantitative estimate of drug-likeness (QED) is 0.629. The maximum atomic E-state index is 3.92. The molecule has 0 spiro atoms. The standard InChI is InChI=1S/C11H13NS/c1-3-4-5-11-10(6-8-12-2)7-9-13-11/h3-9H,1-2H3. The van der Waals surface area contributed by atoms with Gasteiger partial charge in [0, 0.05) is 17.8 Å². The zero-order valence-corrected chi connectivity index (χ0v) is 8.71. The number of nitrogens with zero attached hydrogens (tertiary/aromatic N) is 1. The predicted octanol–water partition coefficient (Wildman–Crippen LogP) is 1.59. The molecule has 68 valence electrons. The number of hydrogen-bond donors (Lipinski definition) is 0. The lowest BCUT2D eigenvalue weighted by molar-refractivity contribution is 1.48. The first-order chi connectivity index (χ1) is 6.38. The minimum absolute atomic E-state index is 1.23. The van der Waals surface area contributed by atoms with Crippen LogP contribution in [0.2, 0.25) is 0 Å². The lowest BCUT2D eigenvalue weighted by Crippen LogP contribution is -2.17. The SMILES string of the molecule is CC=CC=c1sccc1=CC=NC.